The number of methoxy groups -OCH3 is 1. The van der Waals surface area contributed by atoms with Crippen molar-refractivity contribution in [2.45, 2.75) is 6.92 Å². The molecule has 0 radical (unpaired) electrons. The van der Waals surface area contributed by atoms with Gasteiger partial charge < -0.3 is 14.2 Å². The van der Waals surface area contributed by atoms with Gasteiger partial charge in [-0.2, -0.15) is 0 Å². The number of hydrogen-bond acceptors (Lipinski definition) is 4. The van der Waals surface area contributed by atoms with Gasteiger partial charge in [0.25, 0.3) is 0 Å². The third-order valence-corrected chi connectivity index (χ3v) is 2.65. The van der Waals surface area contributed by atoms with E-state index in [1.54, 1.807) is 42.5 Å². The maximum Gasteiger partial charge on any atom is 0.343 e. The summed E-state index contributed by atoms with van der Waals surface area (Å²) in [5, 5.41) is 0. The third kappa shape index (κ3) is 3.29. The first kappa shape index (κ1) is 13.9. The number of carbonyl (C=O) groups is 1. The molecule has 0 bridgehead atoms. The zero-order valence-corrected chi connectivity index (χ0v) is 11.5. The van der Waals surface area contributed by atoms with E-state index in [1.807, 2.05) is 13.0 Å². The summed E-state index contributed by atoms with van der Waals surface area (Å²) in [6.45, 7) is 2.42. The Bertz CT molecular complexity index is 578. The number of esters is 1. The van der Waals surface area contributed by atoms with Crippen molar-refractivity contribution < 1.29 is 19.0 Å². The summed E-state index contributed by atoms with van der Waals surface area (Å²) in [5.41, 5.74) is 0.411. The van der Waals surface area contributed by atoms with Crippen LogP contribution in [0.1, 0.15) is 17.3 Å². The Morgan fingerprint density at radius 1 is 1.05 bits per heavy atom. The molecule has 0 heterocycles. The number of carbonyl (C=O) groups excluding carboxylic acids is 1. The van der Waals surface area contributed by atoms with Gasteiger partial charge in [-0.3, -0.25) is 0 Å². The predicted molar refractivity (Wildman–Crippen MR) is 75.6 cm³/mol. The second-order valence-electron chi connectivity index (χ2n) is 4.00. The van der Waals surface area contributed by atoms with Gasteiger partial charge in [0.15, 0.2) is 11.5 Å². The molecular weight excluding hydrogens is 256 g/mol. The van der Waals surface area contributed by atoms with Gasteiger partial charge in [0.2, 0.25) is 0 Å². The molecule has 0 amide bonds. The molecule has 0 saturated heterocycles. The van der Waals surface area contributed by atoms with Crippen LogP contribution in [0, 0.1) is 0 Å². The number of ether oxygens (including phenoxy) is 3. The lowest BCUT2D eigenvalue weighted by atomic mass is 10.2. The molecule has 4 nitrogen and oxygen atoms in total. The molecule has 0 atom stereocenters. The average molecular weight is 272 g/mol. The molecule has 2 aromatic rings. The first-order valence-corrected chi connectivity index (χ1v) is 6.32. The fraction of sp³-hybridized carbons (Fsp3) is 0.188. The van der Waals surface area contributed by atoms with Gasteiger partial charge in [-0.15, -0.1) is 0 Å². The largest absolute Gasteiger partial charge is 0.493 e. The van der Waals surface area contributed by atoms with Crippen molar-refractivity contribution in [1.82, 2.24) is 0 Å². The summed E-state index contributed by atoms with van der Waals surface area (Å²) in [4.78, 5) is 12.0. The molecule has 0 N–H and O–H groups in total. The quantitative estimate of drug-likeness (QED) is 0.618. The summed E-state index contributed by atoms with van der Waals surface area (Å²) in [6.07, 6.45) is 0. The lowest BCUT2D eigenvalue weighted by Gasteiger charge is -2.10. The van der Waals surface area contributed by atoms with Gasteiger partial charge in [0.1, 0.15) is 5.75 Å². The van der Waals surface area contributed by atoms with Crippen molar-refractivity contribution in [1.29, 1.82) is 0 Å². The van der Waals surface area contributed by atoms with Crippen LogP contribution < -0.4 is 14.2 Å². The topological polar surface area (TPSA) is 44.8 Å². The summed E-state index contributed by atoms with van der Waals surface area (Å²) in [5.74, 6) is 1.18. The highest BCUT2D eigenvalue weighted by Crippen LogP contribution is 2.28. The highest BCUT2D eigenvalue weighted by molar-refractivity contribution is 5.91. The van der Waals surface area contributed by atoms with E-state index < -0.39 is 5.97 Å². The molecule has 0 aliphatic rings. The zero-order chi connectivity index (χ0) is 14.4. The Balaban J connectivity index is 2.18. The van der Waals surface area contributed by atoms with E-state index in [0.717, 1.165) is 0 Å². The number of para-hydroxylation sites is 1. The standard InChI is InChI=1S/C16H16O4/c1-3-19-14-10-9-12(11-15(14)18-2)16(17)20-13-7-5-4-6-8-13/h4-11H,3H2,1-2H3. The highest BCUT2D eigenvalue weighted by Gasteiger charge is 2.12. The second-order valence-corrected chi connectivity index (χ2v) is 4.00. The first-order chi connectivity index (χ1) is 9.74. The van der Waals surface area contributed by atoms with Crippen LogP contribution in [-0.2, 0) is 0 Å². The molecule has 0 aliphatic heterocycles. The van der Waals surface area contributed by atoms with Crippen molar-refractivity contribution in [2.24, 2.45) is 0 Å². The fourth-order valence-corrected chi connectivity index (χ4v) is 1.72. The van der Waals surface area contributed by atoms with Gasteiger partial charge in [-0.1, -0.05) is 18.2 Å². The summed E-state index contributed by atoms with van der Waals surface area (Å²) >= 11 is 0. The van der Waals surface area contributed by atoms with Crippen LogP contribution in [0.2, 0.25) is 0 Å². The minimum absolute atomic E-state index is 0.411. The van der Waals surface area contributed by atoms with Gasteiger partial charge in [-0.25, -0.2) is 4.79 Å². The van der Waals surface area contributed by atoms with E-state index in [9.17, 15) is 4.79 Å². The van der Waals surface area contributed by atoms with E-state index in [1.165, 1.54) is 7.11 Å². The van der Waals surface area contributed by atoms with Crippen molar-refractivity contribution in [3.05, 3.63) is 54.1 Å². The van der Waals surface area contributed by atoms with E-state index in [-0.39, 0.29) is 0 Å². The SMILES string of the molecule is CCOc1ccc(C(=O)Oc2ccccc2)cc1OC. The van der Waals surface area contributed by atoms with Crippen molar-refractivity contribution in [2.75, 3.05) is 13.7 Å². The van der Waals surface area contributed by atoms with Crippen molar-refractivity contribution in [3.63, 3.8) is 0 Å². The van der Waals surface area contributed by atoms with Crippen LogP contribution in [0.15, 0.2) is 48.5 Å². The van der Waals surface area contributed by atoms with Crippen LogP contribution in [0.4, 0.5) is 0 Å². The minimum Gasteiger partial charge on any atom is -0.493 e. The van der Waals surface area contributed by atoms with Crippen LogP contribution in [-0.4, -0.2) is 19.7 Å². The summed E-state index contributed by atoms with van der Waals surface area (Å²) < 4.78 is 15.9. The van der Waals surface area contributed by atoms with E-state index in [0.29, 0.717) is 29.4 Å². The van der Waals surface area contributed by atoms with Gasteiger partial charge in [0.05, 0.1) is 19.3 Å². The van der Waals surface area contributed by atoms with Crippen LogP contribution in [0.3, 0.4) is 0 Å². The lowest BCUT2D eigenvalue weighted by Crippen LogP contribution is -2.09. The monoisotopic (exact) mass is 272 g/mol. The maximum absolute atomic E-state index is 12.0. The fourth-order valence-electron chi connectivity index (χ4n) is 1.72. The molecule has 0 aromatic heterocycles. The summed E-state index contributed by atoms with van der Waals surface area (Å²) in [7, 11) is 1.53. The molecule has 2 rings (SSSR count). The third-order valence-electron chi connectivity index (χ3n) is 2.65. The zero-order valence-electron chi connectivity index (χ0n) is 11.5. The molecule has 104 valence electrons. The smallest absolute Gasteiger partial charge is 0.343 e. The van der Waals surface area contributed by atoms with Crippen LogP contribution in [0.25, 0.3) is 0 Å². The van der Waals surface area contributed by atoms with Gasteiger partial charge in [0, 0.05) is 0 Å². The Morgan fingerprint density at radius 3 is 2.45 bits per heavy atom. The van der Waals surface area contributed by atoms with Crippen molar-refractivity contribution in [3.8, 4) is 17.2 Å². The molecular formula is C16H16O4. The predicted octanol–water partition coefficient (Wildman–Crippen LogP) is 3.31. The summed E-state index contributed by atoms with van der Waals surface area (Å²) in [6, 6.07) is 13.9. The Morgan fingerprint density at radius 2 is 1.80 bits per heavy atom. The number of hydrogen-bond donors (Lipinski definition) is 0. The molecule has 2 aromatic carbocycles. The van der Waals surface area contributed by atoms with Gasteiger partial charge >= 0.3 is 5.97 Å². The molecule has 0 saturated carbocycles. The van der Waals surface area contributed by atoms with Crippen LogP contribution in [0.5, 0.6) is 17.2 Å². The normalized spacial score (nSPS) is 9.90. The Hall–Kier alpha value is -2.49. The minimum atomic E-state index is -0.433. The second kappa shape index (κ2) is 6.61. The molecule has 4 heteroatoms. The molecule has 0 aliphatic carbocycles. The lowest BCUT2D eigenvalue weighted by molar-refractivity contribution is 0.0734. The molecule has 0 fully saturated rings. The van der Waals surface area contributed by atoms with E-state index in [4.69, 9.17) is 14.2 Å². The van der Waals surface area contributed by atoms with E-state index >= 15 is 0 Å². The number of benzene rings is 2. The Kier molecular flexibility index (Phi) is 4.60. The molecule has 20 heavy (non-hydrogen) atoms. The van der Waals surface area contributed by atoms with E-state index in [2.05, 4.69) is 0 Å². The molecule has 0 spiro atoms. The average Bonchev–Trinajstić information content (AvgIpc) is 2.49. The highest BCUT2D eigenvalue weighted by atomic mass is 16.5. The maximum atomic E-state index is 12.0. The number of rotatable bonds is 5. The first-order valence-electron chi connectivity index (χ1n) is 6.32. The Labute approximate surface area is 117 Å². The van der Waals surface area contributed by atoms with Gasteiger partial charge in [-0.05, 0) is 37.3 Å². The molecule has 0 unspecified atom stereocenters. The van der Waals surface area contributed by atoms with Crippen molar-refractivity contribution >= 4 is 5.97 Å². The van der Waals surface area contributed by atoms with Crippen LogP contribution >= 0.6 is 0 Å².